The molecule has 0 saturated heterocycles. The first-order valence-corrected chi connectivity index (χ1v) is 11.3. The number of nitrogens with zero attached hydrogens (tertiary/aromatic N) is 3. The van der Waals surface area contributed by atoms with Crippen LogP contribution in [0.5, 0.6) is 0 Å². The van der Waals surface area contributed by atoms with Gasteiger partial charge in [0.1, 0.15) is 17.7 Å². The average Bonchev–Trinajstić information content (AvgIpc) is 2.68. The summed E-state index contributed by atoms with van der Waals surface area (Å²) in [5.74, 6) is 0. The number of hydrogen-bond donors (Lipinski definition) is 0. The molecule has 0 amide bonds. The molecule has 1 aromatic carbocycles. The average molecular weight is 416 g/mol. The smallest absolute Gasteiger partial charge is 0.132 e. The maximum absolute atomic E-state index is 9.32. The van der Waals surface area contributed by atoms with Gasteiger partial charge in [0.25, 0.3) is 0 Å². The highest BCUT2D eigenvalue weighted by Crippen LogP contribution is 2.44. The minimum atomic E-state index is 0.0291. The van der Waals surface area contributed by atoms with Crippen LogP contribution in [0.15, 0.2) is 62.9 Å². The van der Waals surface area contributed by atoms with Crippen molar-refractivity contribution in [3.63, 3.8) is 0 Å². The van der Waals surface area contributed by atoms with Crippen LogP contribution in [0.3, 0.4) is 0 Å². The number of anilines is 1. The molecule has 1 aromatic rings. The lowest BCUT2D eigenvalue weighted by Gasteiger charge is -2.31. The maximum atomic E-state index is 9.32. The summed E-state index contributed by atoms with van der Waals surface area (Å²) in [4.78, 5) is 4.86. The number of fused-ring (bicyclic) bond motifs is 1. The van der Waals surface area contributed by atoms with Crippen molar-refractivity contribution >= 4 is 23.0 Å². The fourth-order valence-electron chi connectivity index (χ4n) is 4.29. The number of rotatable bonds is 4. The molecule has 0 atom stereocenters. The van der Waals surface area contributed by atoms with Gasteiger partial charge in [-0.05, 0) is 85.6 Å². The van der Waals surface area contributed by atoms with Crippen LogP contribution >= 0.6 is 11.8 Å². The van der Waals surface area contributed by atoms with E-state index in [0.717, 1.165) is 31.5 Å². The number of thioether (sulfide) groups is 1. The van der Waals surface area contributed by atoms with Gasteiger partial charge in [0, 0.05) is 28.6 Å². The van der Waals surface area contributed by atoms with Gasteiger partial charge in [-0.25, -0.2) is 0 Å². The van der Waals surface area contributed by atoms with E-state index in [1.165, 1.54) is 32.2 Å². The zero-order chi connectivity index (χ0) is 21.9. The molecule has 1 aliphatic carbocycles. The van der Waals surface area contributed by atoms with Crippen LogP contribution < -0.4 is 4.90 Å². The van der Waals surface area contributed by atoms with Crippen LogP contribution in [0.4, 0.5) is 5.69 Å². The second-order valence-corrected chi connectivity index (χ2v) is 9.81. The molecule has 0 saturated carbocycles. The summed E-state index contributed by atoms with van der Waals surface area (Å²) in [6.07, 6.45) is 8.21. The molecule has 0 spiro atoms. The summed E-state index contributed by atoms with van der Waals surface area (Å²) in [6.45, 7) is 12.9. The molecule has 0 aromatic heterocycles. The molecule has 0 radical (unpaired) electrons. The summed E-state index contributed by atoms with van der Waals surface area (Å²) in [5.41, 5.74) is 6.12. The molecular formula is C26H29N3S. The van der Waals surface area contributed by atoms with E-state index in [2.05, 4.69) is 82.0 Å². The summed E-state index contributed by atoms with van der Waals surface area (Å²) in [6, 6.07) is 10.9. The minimum absolute atomic E-state index is 0.0291. The van der Waals surface area contributed by atoms with Gasteiger partial charge in [0.05, 0.1) is 0 Å². The van der Waals surface area contributed by atoms with Gasteiger partial charge in [0.2, 0.25) is 0 Å². The third-order valence-electron chi connectivity index (χ3n) is 5.69. The van der Waals surface area contributed by atoms with Crippen molar-refractivity contribution in [1.29, 1.82) is 10.5 Å². The zero-order valence-electron chi connectivity index (χ0n) is 18.5. The Kier molecular flexibility index (Phi) is 6.59. The van der Waals surface area contributed by atoms with Crippen molar-refractivity contribution in [3.8, 4) is 12.1 Å². The number of benzene rings is 1. The fourth-order valence-corrected chi connectivity index (χ4v) is 5.51. The van der Waals surface area contributed by atoms with Crippen LogP contribution in [0.2, 0.25) is 0 Å². The Labute approximate surface area is 185 Å². The molecule has 0 fully saturated rings. The molecular weight excluding hydrogens is 386 g/mol. The largest absolute Gasteiger partial charge is 0.372 e. The van der Waals surface area contributed by atoms with Gasteiger partial charge in [-0.3, -0.25) is 0 Å². The summed E-state index contributed by atoms with van der Waals surface area (Å²) < 4.78 is 0. The van der Waals surface area contributed by atoms with Gasteiger partial charge < -0.3 is 4.90 Å². The predicted molar refractivity (Wildman–Crippen MR) is 127 cm³/mol. The first-order chi connectivity index (χ1) is 14.3. The van der Waals surface area contributed by atoms with Crippen molar-refractivity contribution in [3.05, 3.63) is 63.6 Å². The third-order valence-corrected chi connectivity index (χ3v) is 6.72. The molecule has 2 aliphatic rings. The quantitative estimate of drug-likeness (QED) is 0.496. The Morgan fingerprint density at radius 1 is 1.13 bits per heavy atom. The highest BCUT2D eigenvalue weighted by molar-refractivity contribution is 8.03. The topological polar surface area (TPSA) is 50.8 Å². The van der Waals surface area contributed by atoms with Crippen molar-refractivity contribution in [2.75, 3.05) is 18.0 Å². The summed E-state index contributed by atoms with van der Waals surface area (Å²) in [5, 5.41) is 18.6. The highest BCUT2D eigenvalue weighted by Gasteiger charge is 2.27. The van der Waals surface area contributed by atoms with Gasteiger partial charge in [-0.2, -0.15) is 10.5 Å². The van der Waals surface area contributed by atoms with Crippen LogP contribution in [-0.4, -0.2) is 13.1 Å². The van der Waals surface area contributed by atoms with E-state index in [1.54, 1.807) is 11.8 Å². The SMILES string of the molecule is CCN(CC)c1ccc2c(c1)SC(=CC1=CC(=C(C#N)C#N)CC(C)(C)C1)C=C2C. The predicted octanol–water partition coefficient (Wildman–Crippen LogP) is 7.02. The van der Waals surface area contributed by atoms with Gasteiger partial charge in [0.15, 0.2) is 0 Å². The maximum Gasteiger partial charge on any atom is 0.132 e. The van der Waals surface area contributed by atoms with Crippen LogP contribution in [-0.2, 0) is 0 Å². The highest BCUT2D eigenvalue weighted by atomic mass is 32.2. The first-order valence-electron chi connectivity index (χ1n) is 10.5. The lowest BCUT2D eigenvalue weighted by molar-refractivity contribution is 0.354. The van der Waals surface area contributed by atoms with Crippen LogP contribution in [0, 0.1) is 28.1 Å². The van der Waals surface area contributed by atoms with Gasteiger partial charge in [-0.15, -0.1) is 0 Å². The molecule has 0 bridgehead atoms. The lowest BCUT2D eigenvalue weighted by Crippen LogP contribution is -2.21. The standard InChI is InChI=1S/C26H29N3S/c1-6-29(7-2)22-8-9-24-18(3)10-23(30-25(24)13-22)12-19-11-20(21(16-27)17-28)15-26(4,5)14-19/h8-13H,6-7,14-15H2,1-5H3. The van der Waals surface area contributed by atoms with E-state index in [1.807, 2.05) is 6.08 Å². The first kappa shape index (κ1) is 22.0. The molecule has 3 rings (SSSR count). The Morgan fingerprint density at radius 2 is 1.83 bits per heavy atom. The molecule has 0 N–H and O–H groups in total. The molecule has 1 aliphatic heterocycles. The fraction of sp³-hybridized carbons (Fsp3) is 0.385. The van der Waals surface area contributed by atoms with E-state index >= 15 is 0 Å². The lowest BCUT2D eigenvalue weighted by atomic mass is 9.74. The van der Waals surface area contributed by atoms with E-state index in [4.69, 9.17) is 0 Å². The van der Waals surface area contributed by atoms with Crippen LogP contribution in [0.25, 0.3) is 5.57 Å². The third kappa shape index (κ3) is 4.72. The Bertz CT molecular complexity index is 1030. The second kappa shape index (κ2) is 8.99. The second-order valence-electron chi connectivity index (χ2n) is 8.69. The molecule has 154 valence electrons. The Balaban J connectivity index is 1.99. The molecule has 1 heterocycles. The molecule has 4 heteroatoms. The monoisotopic (exact) mass is 415 g/mol. The Morgan fingerprint density at radius 3 is 2.47 bits per heavy atom. The number of hydrogen-bond acceptors (Lipinski definition) is 4. The van der Waals surface area contributed by atoms with E-state index in [-0.39, 0.29) is 11.0 Å². The van der Waals surface area contributed by atoms with Crippen LogP contribution in [0.1, 0.15) is 53.0 Å². The number of nitriles is 2. The van der Waals surface area contributed by atoms with E-state index < -0.39 is 0 Å². The normalized spacial score (nSPS) is 18.6. The number of allylic oxidation sites excluding steroid dienone is 7. The van der Waals surface area contributed by atoms with E-state index in [9.17, 15) is 10.5 Å². The van der Waals surface area contributed by atoms with Crippen molar-refractivity contribution in [1.82, 2.24) is 0 Å². The zero-order valence-corrected chi connectivity index (χ0v) is 19.4. The van der Waals surface area contributed by atoms with Crippen molar-refractivity contribution in [2.45, 2.75) is 52.4 Å². The summed E-state index contributed by atoms with van der Waals surface area (Å²) in [7, 11) is 0. The van der Waals surface area contributed by atoms with E-state index in [0.29, 0.717) is 0 Å². The Hall–Kier alpha value is -2.69. The van der Waals surface area contributed by atoms with Crippen molar-refractivity contribution < 1.29 is 0 Å². The van der Waals surface area contributed by atoms with Crippen molar-refractivity contribution in [2.24, 2.45) is 5.41 Å². The van der Waals surface area contributed by atoms with Gasteiger partial charge in [-0.1, -0.05) is 37.8 Å². The van der Waals surface area contributed by atoms with Gasteiger partial charge >= 0.3 is 0 Å². The summed E-state index contributed by atoms with van der Waals surface area (Å²) >= 11 is 1.80. The molecule has 0 unspecified atom stereocenters. The molecule has 3 nitrogen and oxygen atoms in total. The minimum Gasteiger partial charge on any atom is -0.372 e. The molecule has 30 heavy (non-hydrogen) atoms.